The second kappa shape index (κ2) is 7.29. The molecule has 0 aromatic heterocycles. The van der Waals surface area contributed by atoms with E-state index >= 15 is 0 Å². The highest BCUT2D eigenvalue weighted by Gasteiger charge is 2.21. The van der Waals surface area contributed by atoms with Crippen LogP contribution in [0.3, 0.4) is 0 Å². The average Bonchev–Trinajstić information content (AvgIpc) is 2.58. The van der Waals surface area contributed by atoms with Crippen molar-refractivity contribution in [3.63, 3.8) is 0 Å². The van der Waals surface area contributed by atoms with E-state index in [9.17, 15) is 4.79 Å². The molecule has 1 heterocycles. The van der Waals surface area contributed by atoms with Gasteiger partial charge < -0.3 is 11.1 Å². The summed E-state index contributed by atoms with van der Waals surface area (Å²) in [6.45, 7) is 3.02. The average molecular weight is 309 g/mol. The first-order valence-corrected chi connectivity index (χ1v) is 8.13. The van der Waals surface area contributed by atoms with Crippen molar-refractivity contribution in [1.29, 1.82) is 0 Å². The lowest BCUT2D eigenvalue weighted by Gasteiger charge is -2.32. The maximum absolute atomic E-state index is 12.2. The zero-order valence-corrected chi connectivity index (χ0v) is 13.2. The first-order chi connectivity index (χ1) is 11.2. The lowest BCUT2D eigenvalue weighted by molar-refractivity contribution is 0.0909. The topological polar surface area (TPSA) is 58.4 Å². The lowest BCUT2D eigenvalue weighted by Crippen LogP contribution is -2.44. The molecule has 0 bridgehead atoms. The normalized spacial score (nSPS) is 16.2. The van der Waals surface area contributed by atoms with E-state index < -0.39 is 0 Å². The zero-order valence-electron chi connectivity index (χ0n) is 13.2. The van der Waals surface area contributed by atoms with Gasteiger partial charge in [-0.15, -0.1) is 0 Å². The van der Waals surface area contributed by atoms with Gasteiger partial charge in [0.2, 0.25) is 0 Å². The molecule has 0 radical (unpaired) electrons. The minimum absolute atomic E-state index is 0.00786. The Balaban J connectivity index is 1.47. The Hall–Kier alpha value is -2.33. The molecule has 0 atom stereocenters. The Bertz CT molecular complexity index is 631. The van der Waals surface area contributed by atoms with Crippen LogP contribution in [-0.2, 0) is 6.54 Å². The van der Waals surface area contributed by atoms with Gasteiger partial charge in [0, 0.05) is 36.9 Å². The third-order valence-corrected chi connectivity index (χ3v) is 4.34. The van der Waals surface area contributed by atoms with Crippen molar-refractivity contribution >= 4 is 11.6 Å². The standard InChI is InChI=1S/C19H23N3O/c20-17-8-6-16(7-9-17)19(23)21-18-10-12-22(13-11-18)14-15-4-2-1-3-5-15/h1-9,18H,10-14,20H2,(H,21,23). The molecule has 1 fully saturated rings. The molecule has 1 saturated heterocycles. The number of nitrogens with zero attached hydrogens (tertiary/aromatic N) is 1. The number of carbonyl (C=O) groups excluding carboxylic acids is 1. The number of benzene rings is 2. The molecule has 1 aliphatic rings. The number of piperidine rings is 1. The summed E-state index contributed by atoms with van der Waals surface area (Å²) in [5, 5.41) is 3.13. The molecule has 0 saturated carbocycles. The summed E-state index contributed by atoms with van der Waals surface area (Å²) in [5.41, 5.74) is 8.35. The van der Waals surface area contributed by atoms with Crippen LogP contribution in [-0.4, -0.2) is 29.9 Å². The molecule has 1 amide bonds. The van der Waals surface area contributed by atoms with Gasteiger partial charge in [-0.2, -0.15) is 0 Å². The van der Waals surface area contributed by atoms with E-state index in [-0.39, 0.29) is 11.9 Å². The highest BCUT2D eigenvalue weighted by atomic mass is 16.1. The SMILES string of the molecule is Nc1ccc(C(=O)NC2CCN(Cc3ccccc3)CC2)cc1. The first-order valence-electron chi connectivity index (χ1n) is 8.13. The number of carbonyl (C=O) groups is 1. The summed E-state index contributed by atoms with van der Waals surface area (Å²) in [7, 11) is 0. The molecule has 4 nitrogen and oxygen atoms in total. The maximum atomic E-state index is 12.2. The fourth-order valence-corrected chi connectivity index (χ4v) is 2.98. The van der Waals surface area contributed by atoms with Crippen molar-refractivity contribution in [3.8, 4) is 0 Å². The van der Waals surface area contributed by atoms with Crippen molar-refractivity contribution in [2.75, 3.05) is 18.8 Å². The number of nitrogens with one attached hydrogen (secondary N) is 1. The second-order valence-corrected chi connectivity index (χ2v) is 6.13. The smallest absolute Gasteiger partial charge is 0.251 e. The summed E-state index contributed by atoms with van der Waals surface area (Å²) < 4.78 is 0. The highest BCUT2D eigenvalue weighted by molar-refractivity contribution is 5.94. The van der Waals surface area contributed by atoms with Gasteiger partial charge in [0.25, 0.3) is 5.91 Å². The number of likely N-dealkylation sites (tertiary alicyclic amines) is 1. The number of rotatable bonds is 4. The van der Waals surface area contributed by atoms with Crippen LogP contribution in [0.5, 0.6) is 0 Å². The van der Waals surface area contributed by atoms with Crippen LogP contribution < -0.4 is 11.1 Å². The molecular weight excluding hydrogens is 286 g/mol. The Morgan fingerprint density at radius 2 is 1.70 bits per heavy atom. The fraction of sp³-hybridized carbons (Fsp3) is 0.316. The van der Waals surface area contributed by atoms with Crippen molar-refractivity contribution in [1.82, 2.24) is 10.2 Å². The predicted octanol–water partition coefficient (Wildman–Crippen LogP) is 2.66. The van der Waals surface area contributed by atoms with Crippen LogP contribution in [0, 0.1) is 0 Å². The van der Waals surface area contributed by atoms with Gasteiger partial charge in [-0.3, -0.25) is 9.69 Å². The quantitative estimate of drug-likeness (QED) is 0.854. The van der Waals surface area contributed by atoms with Gasteiger partial charge in [-0.25, -0.2) is 0 Å². The molecule has 1 aliphatic heterocycles. The van der Waals surface area contributed by atoms with Crippen molar-refractivity contribution in [2.24, 2.45) is 0 Å². The summed E-state index contributed by atoms with van der Waals surface area (Å²) in [6, 6.07) is 17.8. The molecule has 0 aliphatic carbocycles. The molecule has 23 heavy (non-hydrogen) atoms. The second-order valence-electron chi connectivity index (χ2n) is 6.13. The Kier molecular flexibility index (Phi) is 4.93. The van der Waals surface area contributed by atoms with Gasteiger partial charge >= 0.3 is 0 Å². The van der Waals surface area contributed by atoms with Crippen LogP contribution in [0.15, 0.2) is 54.6 Å². The summed E-state index contributed by atoms with van der Waals surface area (Å²) >= 11 is 0. The number of amides is 1. The molecule has 0 unspecified atom stereocenters. The molecule has 3 rings (SSSR count). The van der Waals surface area contributed by atoms with Crippen LogP contribution in [0.25, 0.3) is 0 Å². The molecule has 2 aromatic carbocycles. The summed E-state index contributed by atoms with van der Waals surface area (Å²) in [5.74, 6) is -0.00786. The first kappa shape index (κ1) is 15.6. The van der Waals surface area contributed by atoms with E-state index in [0.717, 1.165) is 32.5 Å². The van der Waals surface area contributed by atoms with Gasteiger partial charge in [0.1, 0.15) is 0 Å². The maximum Gasteiger partial charge on any atom is 0.251 e. The van der Waals surface area contributed by atoms with E-state index in [1.165, 1.54) is 5.56 Å². The fourth-order valence-electron chi connectivity index (χ4n) is 2.98. The molecule has 4 heteroatoms. The van der Waals surface area contributed by atoms with Gasteiger partial charge in [-0.1, -0.05) is 30.3 Å². The minimum atomic E-state index is -0.00786. The van der Waals surface area contributed by atoms with Crippen molar-refractivity contribution in [3.05, 3.63) is 65.7 Å². The Labute approximate surface area is 137 Å². The molecule has 120 valence electrons. The van der Waals surface area contributed by atoms with Gasteiger partial charge in [0.15, 0.2) is 0 Å². The highest BCUT2D eigenvalue weighted by Crippen LogP contribution is 2.14. The number of anilines is 1. The third kappa shape index (κ3) is 4.33. The number of hydrogen-bond donors (Lipinski definition) is 2. The van der Waals surface area contributed by atoms with Crippen LogP contribution >= 0.6 is 0 Å². The minimum Gasteiger partial charge on any atom is -0.399 e. The van der Waals surface area contributed by atoms with E-state index in [2.05, 4.69) is 34.5 Å². The van der Waals surface area contributed by atoms with Crippen LogP contribution in [0.2, 0.25) is 0 Å². The van der Waals surface area contributed by atoms with E-state index in [1.54, 1.807) is 24.3 Å². The molecule has 2 aromatic rings. The number of nitrogen functional groups attached to an aromatic ring is 1. The van der Waals surface area contributed by atoms with Gasteiger partial charge in [-0.05, 0) is 42.7 Å². The van der Waals surface area contributed by atoms with Crippen LogP contribution in [0.4, 0.5) is 5.69 Å². The van der Waals surface area contributed by atoms with E-state index in [1.807, 2.05) is 6.07 Å². The van der Waals surface area contributed by atoms with Crippen LogP contribution in [0.1, 0.15) is 28.8 Å². The van der Waals surface area contributed by atoms with Crippen molar-refractivity contribution in [2.45, 2.75) is 25.4 Å². The Morgan fingerprint density at radius 1 is 1.04 bits per heavy atom. The summed E-state index contributed by atoms with van der Waals surface area (Å²) in [4.78, 5) is 14.7. The largest absolute Gasteiger partial charge is 0.399 e. The van der Waals surface area contributed by atoms with Crippen molar-refractivity contribution < 1.29 is 4.79 Å². The predicted molar refractivity (Wildman–Crippen MR) is 93.1 cm³/mol. The summed E-state index contributed by atoms with van der Waals surface area (Å²) in [6.07, 6.45) is 1.99. The molecule has 3 N–H and O–H groups in total. The van der Waals surface area contributed by atoms with E-state index in [0.29, 0.717) is 11.3 Å². The molecular formula is C19H23N3O. The monoisotopic (exact) mass is 309 g/mol. The zero-order chi connectivity index (χ0) is 16.1. The Morgan fingerprint density at radius 3 is 2.35 bits per heavy atom. The number of hydrogen-bond acceptors (Lipinski definition) is 3. The van der Waals surface area contributed by atoms with E-state index in [4.69, 9.17) is 5.73 Å². The lowest BCUT2D eigenvalue weighted by atomic mass is 10.0. The number of nitrogens with two attached hydrogens (primary N) is 1. The van der Waals surface area contributed by atoms with Gasteiger partial charge in [0.05, 0.1) is 0 Å². The third-order valence-electron chi connectivity index (χ3n) is 4.34. The molecule has 0 spiro atoms.